The zero-order valence-corrected chi connectivity index (χ0v) is 41.4. The van der Waals surface area contributed by atoms with Gasteiger partial charge in [-0.25, -0.2) is 0 Å². The van der Waals surface area contributed by atoms with E-state index in [9.17, 15) is 0 Å². The number of hydrogen-bond acceptors (Lipinski definition) is 3. The fourth-order valence-electron chi connectivity index (χ4n) is 8.04. The molecule has 0 saturated carbocycles. The second kappa shape index (κ2) is 19.1. The Kier molecular flexibility index (Phi) is 14.3. The fourth-order valence-corrected chi connectivity index (χ4v) is 10.4. The number of fused-ring (bicyclic) bond motifs is 2. The van der Waals surface area contributed by atoms with Crippen molar-refractivity contribution in [3.05, 3.63) is 155 Å². The van der Waals surface area contributed by atoms with Gasteiger partial charge in [-0.1, -0.05) is 162 Å². The van der Waals surface area contributed by atoms with Gasteiger partial charge in [0.05, 0.1) is 24.9 Å². The molecule has 8 aromatic rings. The third kappa shape index (κ3) is 9.69. The van der Waals surface area contributed by atoms with Crippen LogP contribution < -0.4 is 5.19 Å². The van der Waals surface area contributed by atoms with Gasteiger partial charge in [-0.2, -0.15) is 0 Å². The fraction of sp³-hybridized carbons (Fsp3) is 0.296. The summed E-state index contributed by atoms with van der Waals surface area (Å²) in [5, 5.41) is 6.39. The van der Waals surface area contributed by atoms with E-state index in [-0.39, 0.29) is 20.1 Å². The normalized spacial score (nSPS) is 11.8. The van der Waals surface area contributed by atoms with Crippen molar-refractivity contribution in [3.63, 3.8) is 0 Å². The number of nitrogens with zero attached hydrogens (tertiary/aromatic N) is 3. The summed E-state index contributed by atoms with van der Waals surface area (Å²) in [4.78, 5) is 9.96. The van der Waals surface area contributed by atoms with Crippen molar-refractivity contribution in [1.82, 2.24) is 14.5 Å². The first-order valence-electron chi connectivity index (χ1n) is 21.3. The van der Waals surface area contributed by atoms with Gasteiger partial charge < -0.3 is 9.55 Å². The minimum Gasteiger partial charge on any atom is -0.333 e. The van der Waals surface area contributed by atoms with E-state index in [1.807, 2.05) is 18.2 Å². The molecular formula is C54H59IrN3SSi-2. The molecule has 311 valence electrons. The van der Waals surface area contributed by atoms with Crippen LogP contribution in [0.1, 0.15) is 95.4 Å². The number of imidazole rings is 1. The molecule has 5 aromatic carbocycles. The molecule has 0 unspecified atom stereocenters. The van der Waals surface area contributed by atoms with E-state index in [1.54, 1.807) is 11.3 Å². The molecule has 0 N–H and O–H groups in total. The van der Waals surface area contributed by atoms with Crippen LogP contribution in [0.15, 0.2) is 121 Å². The molecule has 0 fully saturated rings. The van der Waals surface area contributed by atoms with E-state index in [1.165, 1.54) is 54.3 Å². The summed E-state index contributed by atoms with van der Waals surface area (Å²) >= 11 is 1.69. The van der Waals surface area contributed by atoms with Gasteiger partial charge in [-0.15, -0.1) is 47.3 Å². The van der Waals surface area contributed by atoms with Crippen molar-refractivity contribution < 1.29 is 20.1 Å². The standard InChI is InChI=1S/C36H35N2S.C18H24NSi.Ir/c1-22(2)26-16-17-34-30(18-26)31(21-39-34)36-37-32-14-10-11-15-33(32)38(36)35-28(23(3)4)19-27(20-29(35)24(5)6)25-12-8-7-9-13-25;1-14(2)11-16-12-17(15-9-7-6-8-10-15)19-13-18(16)20(3,4)5;/h7-20,22-24H,1-6H3;6-9,12-14H,11H2,1-5H3;/q2*-1;. The molecule has 8 rings (SSSR count). The van der Waals surface area contributed by atoms with Crippen molar-refractivity contribution >= 4 is 45.7 Å². The molecule has 0 atom stereocenters. The van der Waals surface area contributed by atoms with Crippen molar-refractivity contribution in [1.29, 1.82) is 0 Å². The van der Waals surface area contributed by atoms with Crippen molar-refractivity contribution in [2.45, 2.75) is 99.2 Å². The van der Waals surface area contributed by atoms with Gasteiger partial charge >= 0.3 is 0 Å². The van der Waals surface area contributed by atoms with Crippen molar-refractivity contribution in [3.8, 4) is 39.5 Å². The Labute approximate surface area is 377 Å². The van der Waals surface area contributed by atoms with E-state index in [2.05, 4.69) is 199 Å². The molecule has 0 aliphatic rings. The van der Waals surface area contributed by atoms with Gasteiger partial charge in [0.1, 0.15) is 0 Å². The van der Waals surface area contributed by atoms with Crippen LogP contribution in [-0.2, 0) is 26.5 Å². The maximum Gasteiger partial charge on any atom is 0.0798 e. The summed E-state index contributed by atoms with van der Waals surface area (Å²) in [6.07, 6.45) is 3.24. The zero-order valence-electron chi connectivity index (χ0n) is 37.1. The summed E-state index contributed by atoms with van der Waals surface area (Å²) in [5.41, 5.74) is 14.6. The molecule has 0 bridgehead atoms. The van der Waals surface area contributed by atoms with Gasteiger partial charge in [0, 0.05) is 32.0 Å². The first-order valence-corrected chi connectivity index (χ1v) is 25.6. The molecule has 0 spiro atoms. The first-order chi connectivity index (χ1) is 28.2. The van der Waals surface area contributed by atoms with Crippen LogP contribution in [-0.4, -0.2) is 22.6 Å². The summed E-state index contributed by atoms with van der Waals surface area (Å²) < 4.78 is 3.68. The number of hydrogen-bond donors (Lipinski definition) is 0. The number of thiophene rings is 1. The number of rotatable bonds is 10. The summed E-state index contributed by atoms with van der Waals surface area (Å²) in [5.74, 6) is 2.78. The van der Waals surface area contributed by atoms with E-state index >= 15 is 0 Å². The second-order valence-corrected chi connectivity index (χ2v) is 24.2. The largest absolute Gasteiger partial charge is 0.333 e. The van der Waals surface area contributed by atoms with Gasteiger partial charge in [0.2, 0.25) is 0 Å². The molecule has 3 nitrogen and oxygen atoms in total. The molecule has 1 radical (unpaired) electrons. The zero-order chi connectivity index (χ0) is 42.0. The molecular weight excluding hydrogens is 943 g/mol. The Morgan fingerprint density at radius 1 is 0.700 bits per heavy atom. The van der Waals surface area contributed by atoms with Gasteiger partial charge in [0.15, 0.2) is 0 Å². The Hall–Kier alpha value is -4.45. The minimum atomic E-state index is -1.34. The Bertz CT molecular complexity index is 2660. The van der Waals surface area contributed by atoms with E-state index in [4.69, 9.17) is 4.98 Å². The van der Waals surface area contributed by atoms with Crippen LogP contribution in [0.2, 0.25) is 19.6 Å². The van der Waals surface area contributed by atoms with E-state index in [0.717, 1.165) is 40.1 Å². The first kappa shape index (κ1) is 45.1. The van der Waals surface area contributed by atoms with Crippen LogP contribution in [0, 0.1) is 17.4 Å². The average Bonchev–Trinajstić information content (AvgIpc) is 3.81. The van der Waals surface area contributed by atoms with Crippen LogP contribution in [0.25, 0.3) is 60.6 Å². The van der Waals surface area contributed by atoms with Crippen molar-refractivity contribution in [2.24, 2.45) is 5.92 Å². The molecule has 0 saturated heterocycles. The van der Waals surface area contributed by atoms with Crippen LogP contribution >= 0.6 is 11.3 Å². The van der Waals surface area contributed by atoms with Crippen molar-refractivity contribution in [2.75, 3.05) is 0 Å². The molecule has 0 aliphatic carbocycles. The monoisotopic (exact) mass is 1000 g/mol. The predicted octanol–water partition coefficient (Wildman–Crippen LogP) is 15.0. The minimum absolute atomic E-state index is 0. The third-order valence-corrected chi connectivity index (χ3v) is 14.1. The number of benzene rings is 5. The number of pyridine rings is 1. The third-order valence-electron chi connectivity index (χ3n) is 11.1. The SMILES string of the molecule is CC(C)Cc1cc(-c2[c-]cccc2)ncc1[Si](C)(C)C.CC(C)c1ccc2s[c-]c(-c3nc4ccccc4n3-c3c(C(C)C)cc(-c4ccccc4)cc3C(C)C)c2c1.[Ir]. The molecule has 0 aliphatic heterocycles. The summed E-state index contributed by atoms with van der Waals surface area (Å²) in [7, 11) is -1.34. The van der Waals surface area contributed by atoms with Crippen LogP contribution in [0.3, 0.4) is 0 Å². The van der Waals surface area contributed by atoms with Gasteiger partial charge in [-0.05, 0) is 87.5 Å². The second-order valence-electron chi connectivity index (χ2n) is 18.3. The summed E-state index contributed by atoms with van der Waals surface area (Å²) in [6, 6.07) is 44.5. The molecule has 0 amide bonds. The molecule has 3 heterocycles. The number of aromatic nitrogens is 3. The predicted molar refractivity (Wildman–Crippen MR) is 258 cm³/mol. The topological polar surface area (TPSA) is 30.7 Å². The maximum absolute atomic E-state index is 5.28. The smallest absolute Gasteiger partial charge is 0.0798 e. The maximum atomic E-state index is 5.28. The van der Waals surface area contributed by atoms with E-state index in [0.29, 0.717) is 23.7 Å². The van der Waals surface area contributed by atoms with Crippen LogP contribution in [0.4, 0.5) is 0 Å². The van der Waals surface area contributed by atoms with Gasteiger partial charge in [-0.3, -0.25) is 16.3 Å². The Balaban J connectivity index is 0.000000243. The van der Waals surface area contributed by atoms with Gasteiger partial charge in [0.25, 0.3) is 0 Å². The van der Waals surface area contributed by atoms with Crippen LogP contribution in [0.5, 0.6) is 0 Å². The number of para-hydroxylation sites is 2. The molecule has 6 heteroatoms. The van der Waals surface area contributed by atoms with E-state index < -0.39 is 8.07 Å². The average molecular weight is 1000 g/mol. The molecule has 60 heavy (non-hydrogen) atoms. The quantitative estimate of drug-likeness (QED) is 0.101. The Morgan fingerprint density at radius 3 is 1.98 bits per heavy atom. The molecule has 3 aromatic heterocycles. The Morgan fingerprint density at radius 2 is 1.37 bits per heavy atom. The summed E-state index contributed by atoms with van der Waals surface area (Å²) in [6.45, 7) is 25.5.